The van der Waals surface area contributed by atoms with Crippen LogP contribution in [0.4, 0.5) is 0 Å². The van der Waals surface area contributed by atoms with Crippen LogP contribution in [0.15, 0.2) is 0 Å². The maximum atomic E-state index is 10.7. The van der Waals surface area contributed by atoms with Gasteiger partial charge in [0.1, 0.15) is 0 Å². The second-order valence-electron chi connectivity index (χ2n) is 7.05. The van der Waals surface area contributed by atoms with E-state index in [9.17, 15) is 5.11 Å². The van der Waals surface area contributed by atoms with Crippen molar-refractivity contribution < 1.29 is 9.84 Å². The van der Waals surface area contributed by atoms with E-state index in [4.69, 9.17) is 4.74 Å². The number of aliphatic hydroxyl groups excluding tert-OH is 1. The minimum Gasteiger partial charge on any atom is -0.391 e. The SMILES string of the molecule is CN(C1CCOCC1)C1CCCCCCCCCCC1O. The molecule has 1 saturated carbocycles. The molecule has 124 valence electrons. The van der Waals surface area contributed by atoms with E-state index < -0.39 is 0 Å². The first-order valence-corrected chi connectivity index (χ1v) is 9.27. The zero-order chi connectivity index (χ0) is 14.9. The molecule has 2 unspecified atom stereocenters. The largest absolute Gasteiger partial charge is 0.391 e. The average molecular weight is 297 g/mol. The van der Waals surface area contributed by atoms with E-state index in [1.807, 2.05) is 0 Å². The maximum Gasteiger partial charge on any atom is 0.0695 e. The normalized spacial score (nSPS) is 31.6. The van der Waals surface area contributed by atoms with Crippen molar-refractivity contribution >= 4 is 0 Å². The van der Waals surface area contributed by atoms with Crippen LogP contribution in [0.1, 0.15) is 77.0 Å². The predicted molar refractivity (Wildman–Crippen MR) is 87.6 cm³/mol. The fourth-order valence-corrected chi connectivity index (χ4v) is 3.99. The third-order valence-corrected chi connectivity index (χ3v) is 5.48. The van der Waals surface area contributed by atoms with Crippen LogP contribution in [0.25, 0.3) is 0 Å². The fraction of sp³-hybridized carbons (Fsp3) is 1.00. The third kappa shape index (κ3) is 5.88. The predicted octanol–water partition coefficient (Wildman–Crippen LogP) is 3.74. The molecule has 2 fully saturated rings. The summed E-state index contributed by atoms with van der Waals surface area (Å²) >= 11 is 0. The molecule has 1 aliphatic heterocycles. The van der Waals surface area contributed by atoms with E-state index in [1.165, 1.54) is 51.4 Å². The minimum absolute atomic E-state index is 0.141. The van der Waals surface area contributed by atoms with Crippen LogP contribution in [-0.2, 0) is 4.74 Å². The number of likely N-dealkylation sites (N-methyl/N-ethyl adjacent to an activating group) is 1. The standard InChI is InChI=1S/C18H35NO2/c1-19(16-12-14-21-15-13-16)17-10-8-6-4-2-3-5-7-9-11-18(17)20/h16-18,20H,2-15H2,1H3. The number of rotatable bonds is 2. The van der Waals surface area contributed by atoms with Gasteiger partial charge in [0.05, 0.1) is 6.10 Å². The van der Waals surface area contributed by atoms with Crippen LogP contribution in [-0.4, -0.2) is 48.5 Å². The molecule has 21 heavy (non-hydrogen) atoms. The Bertz CT molecular complexity index is 266. The van der Waals surface area contributed by atoms with Crippen LogP contribution in [0.2, 0.25) is 0 Å². The number of aliphatic hydroxyl groups is 1. The highest BCUT2D eigenvalue weighted by Crippen LogP contribution is 2.24. The molecule has 0 amide bonds. The van der Waals surface area contributed by atoms with Gasteiger partial charge in [-0.25, -0.2) is 0 Å². The van der Waals surface area contributed by atoms with Crippen molar-refractivity contribution in [3.8, 4) is 0 Å². The van der Waals surface area contributed by atoms with Crippen LogP contribution in [0.5, 0.6) is 0 Å². The average Bonchev–Trinajstić information content (AvgIpc) is 2.51. The Morgan fingerprint density at radius 2 is 1.29 bits per heavy atom. The Balaban J connectivity index is 1.90. The molecule has 3 nitrogen and oxygen atoms in total. The molecule has 0 aromatic rings. The second kappa shape index (κ2) is 9.81. The summed E-state index contributed by atoms with van der Waals surface area (Å²) in [4.78, 5) is 2.49. The molecule has 0 spiro atoms. The highest BCUT2D eigenvalue weighted by molar-refractivity contribution is 4.83. The molecular formula is C18H35NO2. The van der Waals surface area contributed by atoms with Crippen molar-refractivity contribution in [2.24, 2.45) is 0 Å². The molecule has 2 atom stereocenters. The Labute approximate surface area is 131 Å². The van der Waals surface area contributed by atoms with Gasteiger partial charge < -0.3 is 9.84 Å². The van der Waals surface area contributed by atoms with E-state index >= 15 is 0 Å². The molecule has 0 aromatic carbocycles. The van der Waals surface area contributed by atoms with Gasteiger partial charge in [-0.15, -0.1) is 0 Å². The van der Waals surface area contributed by atoms with Crippen LogP contribution in [0, 0.1) is 0 Å². The lowest BCUT2D eigenvalue weighted by molar-refractivity contribution is -0.0133. The van der Waals surface area contributed by atoms with Crippen LogP contribution in [0.3, 0.4) is 0 Å². The molecule has 2 rings (SSSR count). The van der Waals surface area contributed by atoms with Crippen molar-refractivity contribution in [3.63, 3.8) is 0 Å². The Morgan fingerprint density at radius 3 is 1.90 bits per heavy atom. The van der Waals surface area contributed by atoms with Crippen LogP contribution >= 0.6 is 0 Å². The number of hydrogen-bond donors (Lipinski definition) is 1. The summed E-state index contributed by atoms with van der Waals surface area (Å²) in [5.74, 6) is 0. The molecule has 1 saturated heterocycles. The van der Waals surface area contributed by atoms with E-state index in [0.717, 1.165) is 38.9 Å². The summed E-state index contributed by atoms with van der Waals surface area (Å²) in [6.45, 7) is 1.77. The van der Waals surface area contributed by atoms with Crippen molar-refractivity contribution in [1.82, 2.24) is 4.90 Å². The zero-order valence-electron chi connectivity index (χ0n) is 13.9. The lowest BCUT2D eigenvalue weighted by Crippen LogP contribution is -2.48. The first kappa shape index (κ1) is 17.2. The van der Waals surface area contributed by atoms with Gasteiger partial charge in [0.25, 0.3) is 0 Å². The minimum atomic E-state index is -0.141. The van der Waals surface area contributed by atoms with Gasteiger partial charge in [-0.3, -0.25) is 4.90 Å². The molecule has 1 N–H and O–H groups in total. The van der Waals surface area contributed by atoms with Crippen molar-refractivity contribution in [2.45, 2.75) is 95.2 Å². The lowest BCUT2D eigenvalue weighted by Gasteiger charge is -2.39. The van der Waals surface area contributed by atoms with Gasteiger partial charge in [0, 0.05) is 25.3 Å². The zero-order valence-corrected chi connectivity index (χ0v) is 13.9. The van der Waals surface area contributed by atoms with E-state index in [-0.39, 0.29) is 6.10 Å². The Hall–Kier alpha value is -0.120. The summed E-state index contributed by atoms with van der Waals surface area (Å²) in [5, 5.41) is 10.7. The van der Waals surface area contributed by atoms with Gasteiger partial charge in [-0.2, -0.15) is 0 Å². The summed E-state index contributed by atoms with van der Waals surface area (Å²) in [6, 6.07) is 0.957. The summed E-state index contributed by atoms with van der Waals surface area (Å²) in [5.41, 5.74) is 0. The Kier molecular flexibility index (Phi) is 8.05. The van der Waals surface area contributed by atoms with Crippen molar-refractivity contribution in [1.29, 1.82) is 0 Å². The van der Waals surface area contributed by atoms with Gasteiger partial charge in [0.2, 0.25) is 0 Å². The smallest absolute Gasteiger partial charge is 0.0695 e. The van der Waals surface area contributed by atoms with Gasteiger partial charge in [-0.05, 0) is 32.7 Å². The first-order chi connectivity index (χ1) is 10.3. The molecule has 0 bridgehead atoms. The quantitative estimate of drug-likeness (QED) is 0.843. The van der Waals surface area contributed by atoms with Gasteiger partial charge >= 0.3 is 0 Å². The third-order valence-electron chi connectivity index (χ3n) is 5.48. The number of nitrogens with zero attached hydrogens (tertiary/aromatic N) is 1. The van der Waals surface area contributed by atoms with E-state index in [1.54, 1.807) is 0 Å². The summed E-state index contributed by atoms with van der Waals surface area (Å²) in [7, 11) is 2.23. The second-order valence-corrected chi connectivity index (χ2v) is 7.05. The first-order valence-electron chi connectivity index (χ1n) is 9.27. The molecule has 3 heteroatoms. The summed E-state index contributed by atoms with van der Waals surface area (Å²) < 4.78 is 5.49. The molecule has 1 aliphatic carbocycles. The summed E-state index contributed by atoms with van der Waals surface area (Å²) in [6.07, 6.45) is 14.9. The topological polar surface area (TPSA) is 32.7 Å². The lowest BCUT2D eigenvalue weighted by atomic mass is 9.93. The Morgan fingerprint density at radius 1 is 0.762 bits per heavy atom. The van der Waals surface area contributed by atoms with Crippen molar-refractivity contribution in [3.05, 3.63) is 0 Å². The molecule has 0 radical (unpaired) electrons. The van der Waals surface area contributed by atoms with Crippen molar-refractivity contribution in [2.75, 3.05) is 20.3 Å². The molecular weight excluding hydrogens is 262 g/mol. The number of ether oxygens (including phenoxy) is 1. The van der Waals surface area contributed by atoms with E-state index in [0.29, 0.717) is 12.1 Å². The van der Waals surface area contributed by atoms with Crippen LogP contribution < -0.4 is 0 Å². The fourth-order valence-electron chi connectivity index (χ4n) is 3.99. The molecule has 2 aliphatic rings. The highest BCUT2D eigenvalue weighted by atomic mass is 16.5. The molecule has 0 aromatic heterocycles. The molecule has 1 heterocycles. The number of hydrogen-bond acceptors (Lipinski definition) is 3. The van der Waals surface area contributed by atoms with Gasteiger partial charge in [0.15, 0.2) is 0 Å². The monoisotopic (exact) mass is 297 g/mol. The highest BCUT2D eigenvalue weighted by Gasteiger charge is 2.29. The van der Waals surface area contributed by atoms with E-state index in [2.05, 4.69) is 11.9 Å². The van der Waals surface area contributed by atoms with Gasteiger partial charge in [-0.1, -0.05) is 51.4 Å². The maximum absolute atomic E-state index is 10.7.